The van der Waals surface area contributed by atoms with Crippen molar-refractivity contribution in [1.82, 2.24) is 4.98 Å². The number of benzene rings is 1. The molecule has 0 fully saturated rings. The third-order valence-corrected chi connectivity index (χ3v) is 3.63. The van der Waals surface area contributed by atoms with E-state index in [0.717, 1.165) is 17.5 Å². The van der Waals surface area contributed by atoms with Gasteiger partial charge in [0.1, 0.15) is 5.82 Å². The van der Waals surface area contributed by atoms with Gasteiger partial charge < -0.3 is 0 Å². The number of rotatable bonds is 3. The predicted octanol–water partition coefficient (Wildman–Crippen LogP) is 4.55. The zero-order valence-corrected chi connectivity index (χ0v) is 11.2. The number of halogens is 3. The van der Waals surface area contributed by atoms with Crippen molar-refractivity contribution in [2.24, 2.45) is 0 Å². The number of alkyl halides is 1. The first-order valence-corrected chi connectivity index (χ1v) is 6.44. The molecule has 0 spiro atoms. The molecule has 2 aromatic rings. The second-order valence-electron chi connectivity index (χ2n) is 3.70. The van der Waals surface area contributed by atoms with Crippen molar-refractivity contribution in [2.45, 2.75) is 11.2 Å². The Morgan fingerprint density at radius 2 is 1.94 bits per heavy atom. The molecule has 0 saturated carbocycles. The van der Waals surface area contributed by atoms with Crippen molar-refractivity contribution in [3.8, 4) is 0 Å². The maximum atomic E-state index is 13.3. The average Bonchev–Trinajstić information content (AvgIpc) is 2.34. The van der Waals surface area contributed by atoms with Crippen LogP contribution >= 0.6 is 27.5 Å². The molecule has 1 unspecified atom stereocenters. The standard InChI is InChI=1S/C13H10BrClFN/c14-11(7-9-3-5-17-6-4-9)10-1-2-12(15)13(16)8-10/h1-6,8,11H,7H2. The Morgan fingerprint density at radius 1 is 1.24 bits per heavy atom. The van der Waals surface area contributed by atoms with E-state index < -0.39 is 0 Å². The Balaban J connectivity index is 2.14. The van der Waals surface area contributed by atoms with Gasteiger partial charge in [0.2, 0.25) is 0 Å². The summed E-state index contributed by atoms with van der Waals surface area (Å²) in [7, 11) is 0. The quantitative estimate of drug-likeness (QED) is 0.757. The maximum absolute atomic E-state index is 13.3. The fraction of sp³-hybridized carbons (Fsp3) is 0.154. The fourth-order valence-electron chi connectivity index (χ4n) is 1.55. The van der Waals surface area contributed by atoms with E-state index in [0.29, 0.717) is 0 Å². The Bertz CT molecular complexity index is 504. The molecule has 4 heteroatoms. The maximum Gasteiger partial charge on any atom is 0.142 e. The van der Waals surface area contributed by atoms with E-state index in [-0.39, 0.29) is 15.7 Å². The number of nitrogens with zero attached hydrogens (tertiary/aromatic N) is 1. The van der Waals surface area contributed by atoms with Crippen molar-refractivity contribution in [3.05, 3.63) is 64.7 Å². The monoisotopic (exact) mass is 313 g/mol. The molecule has 0 saturated heterocycles. The van der Waals surface area contributed by atoms with Crippen LogP contribution in [-0.2, 0) is 6.42 Å². The van der Waals surface area contributed by atoms with Crippen molar-refractivity contribution in [2.75, 3.05) is 0 Å². The summed E-state index contributed by atoms with van der Waals surface area (Å²) in [5, 5.41) is 0.150. The molecular formula is C13H10BrClFN. The SMILES string of the molecule is Fc1cc(C(Br)Cc2ccncc2)ccc1Cl. The third kappa shape index (κ3) is 3.27. The summed E-state index contributed by atoms with van der Waals surface area (Å²) in [6.45, 7) is 0. The zero-order valence-electron chi connectivity index (χ0n) is 8.91. The van der Waals surface area contributed by atoms with Gasteiger partial charge in [-0.25, -0.2) is 4.39 Å². The van der Waals surface area contributed by atoms with Gasteiger partial charge in [0.05, 0.1) is 5.02 Å². The molecule has 2 rings (SSSR count). The summed E-state index contributed by atoms with van der Waals surface area (Å²) in [5.41, 5.74) is 2.03. The second kappa shape index (κ2) is 5.61. The van der Waals surface area contributed by atoms with Gasteiger partial charge in [-0.3, -0.25) is 4.98 Å². The van der Waals surface area contributed by atoms with E-state index in [2.05, 4.69) is 20.9 Å². The van der Waals surface area contributed by atoms with Crippen molar-refractivity contribution < 1.29 is 4.39 Å². The van der Waals surface area contributed by atoms with Crippen molar-refractivity contribution in [1.29, 1.82) is 0 Å². The highest BCUT2D eigenvalue weighted by Crippen LogP contribution is 2.29. The molecule has 0 radical (unpaired) electrons. The lowest BCUT2D eigenvalue weighted by Crippen LogP contribution is -1.96. The first-order valence-electron chi connectivity index (χ1n) is 5.15. The molecule has 0 aliphatic carbocycles. The lowest BCUT2D eigenvalue weighted by molar-refractivity contribution is 0.625. The molecule has 1 nitrogen and oxygen atoms in total. The van der Waals surface area contributed by atoms with Crippen LogP contribution in [0.2, 0.25) is 5.02 Å². The highest BCUT2D eigenvalue weighted by Gasteiger charge is 2.10. The topological polar surface area (TPSA) is 12.9 Å². The van der Waals surface area contributed by atoms with Crippen LogP contribution in [0.3, 0.4) is 0 Å². The van der Waals surface area contributed by atoms with Gasteiger partial charge in [-0.05, 0) is 41.8 Å². The van der Waals surface area contributed by atoms with E-state index in [4.69, 9.17) is 11.6 Å². The first kappa shape index (κ1) is 12.5. The minimum Gasteiger partial charge on any atom is -0.265 e. The minimum absolute atomic E-state index is 0.0664. The summed E-state index contributed by atoms with van der Waals surface area (Å²) in [6.07, 6.45) is 4.28. The van der Waals surface area contributed by atoms with Crippen LogP contribution in [-0.4, -0.2) is 4.98 Å². The Labute approximate surface area is 113 Å². The van der Waals surface area contributed by atoms with E-state index in [1.165, 1.54) is 6.07 Å². The first-order chi connectivity index (χ1) is 8.16. The molecular weight excluding hydrogens is 305 g/mol. The summed E-state index contributed by atoms with van der Waals surface area (Å²) >= 11 is 9.20. The molecule has 0 aliphatic rings. The molecule has 0 bridgehead atoms. The largest absolute Gasteiger partial charge is 0.265 e. The van der Waals surface area contributed by atoms with Crippen LogP contribution in [0.5, 0.6) is 0 Å². The highest BCUT2D eigenvalue weighted by atomic mass is 79.9. The summed E-state index contributed by atoms with van der Waals surface area (Å²) in [6, 6.07) is 8.75. The molecule has 1 atom stereocenters. The lowest BCUT2D eigenvalue weighted by atomic mass is 10.1. The van der Waals surface area contributed by atoms with Gasteiger partial charge in [-0.1, -0.05) is 33.6 Å². The van der Waals surface area contributed by atoms with E-state index in [1.807, 2.05) is 18.2 Å². The zero-order chi connectivity index (χ0) is 12.3. The minimum atomic E-state index is -0.386. The molecule has 0 amide bonds. The number of pyridine rings is 1. The smallest absolute Gasteiger partial charge is 0.142 e. The number of aromatic nitrogens is 1. The van der Waals surface area contributed by atoms with E-state index >= 15 is 0 Å². The Kier molecular flexibility index (Phi) is 4.13. The summed E-state index contributed by atoms with van der Waals surface area (Å²) in [5.74, 6) is -0.386. The van der Waals surface area contributed by atoms with E-state index in [1.54, 1.807) is 18.5 Å². The molecule has 1 aromatic carbocycles. The Hall–Kier alpha value is -0.930. The summed E-state index contributed by atoms with van der Waals surface area (Å²) in [4.78, 5) is 4.02. The van der Waals surface area contributed by atoms with Gasteiger partial charge in [0, 0.05) is 17.2 Å². The number of hydrogen-bond acceptors (Lipinski definition) is 1. The van der Waals surface area contributed by atoms with Crippen LogP contribution in [0.1, 0.15) is 16.0 Å². The summed E-state index contributed by atoms with van der Waals surface area (Å²) < 4.78 is 13.3. The molecule has 1 aromatic heterocycles. The molecule has 1 heterocycles. The molecule has 0 aliphatic heterocycles. The van der Waals surface area contributed by atoms with Gasteiger partial charge >= 0.3 is 0 Å². The van der Waals surface area contributed by atoms with Gasteiger partial charge in [0.15, 0.2) is 0 Å². The number of hydrogen-bond donors (Lipinski definition) is 0. The van der Waals surface area contributed by atoms with Gasteiger partial charge in [-0.15, -0.1) is 0 Å². The molecule has 17 heavy (non-hydrogen) atoms. The predicted molar refractivity (Wildman–Crippen MR) is 71.0 cm³/mol. The van der Waals surface area contributed by atoms with Crippen molar-refractivity contribution in [3.63, 3.8) is 0 Å². The van der Waals surface area contributed by atoms with Crippen LogP contribution in [0.25, 0.3) is 0 Å². The van der Waals surface area contributed by atoms with Gasteiger partial charge in [0.25, 0.3) is 0 Å². The van der Waals surface area contributed by atoms with E-state index in [9.17, 15) is 4.39 Å². The van der Waals surface area contributed by atoms with Crippen molar-refractivity contribution >= 4 is 27.5 Å². The third-order valence-electron chi connectivity index (χ3n) is 2.47. The fourth-order valence-corrected chi connectivity index (χ4v) is 2.33. The van der Waals surface area contributed by atoms with Crippen LogP contribution in [0.15, 0.2) is 42.7 Å². The normalized spacial score (nSPS) is 12.4. The second-order valence-corrected chi connectivity index (χ2v) is 5.21. The molecule has 88 valence electrons. The van der Waals surface area contributed by atoms with Crippen LogP contribution in [0, 0.1) is 5.82 Å². The van der Waals surface area contributed by atoms with Crippen LogP contribution in [0.4, 0.5) is 4.39 Å². The van der Waals surface area contributed by atoms with Gasteiger partial charge in [-0.2, -0.15) is 0 Å². The van der Waals surface area contributed by atoms with Crippen LogP contribution < -0.4 is 0 Å². The highest BCUT2D eigenvalue weighted by molar-refractivity contribution is 9.09. The lowest BCUT2D eigenvalue weighted by Gasteiger charge is -2.10. The Morgan fingerprint density at radius 3 is 2.59 bits per heavy atom. The average molecular weight is 315 g/mol. The molecule has 0 N–H and O–H groups in total.